The molecule has 4 aliphatic carbocycles. The molecule has 0 atom stereocenters. The van der Waals surface area contributed by atoms with E-state index in [4.69, 9.17) is 5.73 Å². The van der Waals surface area contributed by atoms with Gasteiger partial charge in [-0.05, 0) is 98.4 Å². The molecule has 9 heteroatoms. The minimum Gasteiger partial charge on any atom is -0.508 e. The molecule has 2 aromatic carbocycles. The monoisotopic (exact) mass is 578 g/mol. The Labute approximate surface area is 245 Å². The second-order valence-electron chi connectivity index (χ2n) is 12.8. The van der Waals surface area contributed by atoms with Gasteiger partial charge in [0.15, 0.2) is 0 Å². The van der Waals surface area contributed by atoms with Gasteiger partial charge in [0.2, 0.25) is 5.91 Å². The normalized spacial score (nSPS) is 25.1. The van der Waals surface area contributed by atoms with E-state index in [1.807, 2.05) is 24.3 Å². The molecule has 4 fully saturated rings. The quantitative estimate of drug-likeness (QED) is 0.241. The van der Waals surface area contributed by atoms with E-state index >= 15 is 0 Å². The fraction of sp³-hybridized carbons (Fsp3) is 0.562. The van der Waals surface area contributed by atoms with E-state index in [1.54, 1.807) is 12.1 Å². The summed E-state index contributed by atoms with van der Waals surface area (Å²) in [7, 11) is 0. The fourth-order valence-electron chi connectivity index (χ4n) is 8.43. The summed E-state index contributed by atoms with van der Waals surface area (Å²) in [5, 5.41) is 20.2. The van der Waals surface area contributed by atoms with Crippen LogP contribution in [0, 0.1) is 17.8 Å². The van der Waals surface area contributed by atoms with E-state index in [2.05, 4.69) is 14.8 Å². The molecule has 220 valence electrons. The highest BCUT2D eigenvalue weighted by Crippen LogP contribution is 2.57. The highest BCUT2D eigenvalue weighted by atomic mass is 32.1. The van der Waals surface area contributed by atoms with E-state index in [0.717, 1.165) is 72.6 Å². The molecule has 8 nitrogen and oxygen atoms in total. The molecule has 0 unspecified atom stereocenters. The van der Waals surface area contributed by atoms with Gasteiger partial charge >= 0.3 is 4.87 Å². The highest BCUT2D eigenvalue weighted by molar-refractivity contribution is 7.16. The summed E-state index contributed by atoms with van der Waals surface area (Å²) >= 11 is 1.18. The van der Waals surface area contributed by atoms with Crippen LogP contribution in [0.1, 0.15) is 56.1 Å². The molecule has 1 heterocycles. The van der Waals surface area contributed by atoms with Crippen LogP contribution < -0.4 is 10.6 Å². The number of aromatic nitrogens is 1. The van der Waals surface area contributed by atoms with Gasteiger partial charge in [-0.2, -0.15) is 0 Å². The van der Waals surface area contributed by atoms with Gasteiger partial charge in [-0.25, -0.2) is 0 Å². The summed E-state index contributed by atoms with van der Waals surface area (Å²) in [6.07, 6.45) is 9.91. The maximum absolute atomic E-state index is 12.1. The number of thiazole rings is 1. The van der Waals surface area contributed by atoms with E-state index in [9.17, 15) is 19.8 Å². The topological polar surface area (TPSA) is 123 Å². The minimum atomic E-state index is -0.285. The number of aromatic amines is 1. The zero-order valence-electron chi connectivity index (χ0n) is 23.7. The highest BCUT2D eigenvalue weighted by Gasteiger charge is 2.53. The molecule has 1 aromatic heterocycles. The summed E-state index contributed by atoms with van der Waals surface area (Å²) in [6, 6.07) is 11.1. The Hall–Kier alpha value is -2.88. The Kier molecular flexibility index (Phi) is 8.12. The van der Waals surface area contributed by atoms with Gasteiger partial charge < -0.3 is 25.8 Å². The van der Waals surface area contributed by atoms with Crippen LogP contribution in [0.25, 0.3) is 10.2 Å². The maximum atomic E-state index is 12.1. The molecule has 0 aliphatic heterocycles. The summed E-state index contributed by atoms with van der Waals surface area (Å²) in [5.74, 6) is 2.60. The number of primary amides is 1. The van der Waals surface area contributed by atoms with Gasteiger partial charge in [0, 0.05) is 44.7 Å². The van der Waals surface area contributed by atoms with Crippen molar-refractivity contribution < 1.29 is 15.0 Å². The van der Waals surface area contributed by atoms with Crippen LogP contribution in [0.15, 0.2) is 41.2 Å². The minimum absolute atomic E-state index is 0.122. The van der Waals surface area contributed by atoms with E-state index in [-0.39, 0.29) is 27.8 Å². The number of amides is 1. The second kappa shape index (κ2) is 11.8. The number of aromatic hydroxyl groups is 2. The molecule has 4 bridgehead atoms. The number of carbonyl (C=O) groups excluding carboxylic acids is 1. The Morgan fingerprint density at radius 2 is 1.68 bits per heavy atom. The first-order valence-electron chi connectivity index (χ1n) is 15.1. The zero-order valence-corrected chi connectivity index (χ0v) is 24.5. The molecule has 0 spiro atoms. The van der Waals surface area contributed by atoms with Crippen molar-refractivity contribution in [3.63, 3.8) is 0 Å². The van der Waals surface area contributed by atoms with Gasteiger partial charge in [-0.3, -0.25) is 14.5 Å². The smallest absolute Gasteiger partial charge is 0.305 e. The van der Waals surface area contributed by atoms with Crippen molar-refractivity contribution in [1.82, 2.24) is 14.8 Å². The first kappa shape index (κ1) is 28.2. The molecule has 4 aliphatic rings. The molecule has 0 saturated heterocycles. The van der Waals surface area contributed by atoms with Gasteiger partial charge in [0.25, 0.3) is 0 Å². The van der Waals surface area contributed by atoms with Gasteiger partial charge in [-0.15, -0.1) is 0 Å². The predicted octanol–water partition coefficient (Wildman–Crippen LogP) is 4.23. The lowest BCUT2D eigenvalue weighted by molar-refractivity contribution is -0.118. The third-order valence-corrected chi connectivity index (χ3v) is 10.9. The molecule has 0 radical (unpaired) electrons. The van der Waals surface area contributed by atoms with Crippen molar-refractivity contribution in [2.24, 2.45) is 23.5 Å². The number of H-pyrrole nitrogens is 1. The number of nitrogens with one attached hydrogen (secondary N) is 1. The van der Waals surface area contributed by atoms with Crippen LogP contribution in [-0.2, 0) is 17.6 Å². The lowest BCUT2D eigenvalue weighted by Crippen LogP contribution is -2.61. The van der Waals surface area contributed by atoms with Crippen LogP contribution in [0.4, 0.5) is 0 Å². The van der Waals surface area contributed by atoms with Crippen LogP contribution in [0.2, 0.25) is 0 Å². The Morgan fingerprint density at radius 1 is 0.951 bits per heavy atom. The number of nitrogens with zero attached hydrogens (tertiary/aromatic N) is 2. The van der Waals surface area contributed by atoms with Gasteiger partial charge in [0.05, 0.1) is 4.70 Å². The average Bonchev–Trinajstić information content (AvgIpc) is 3.32. The number of fused-ring (bicyclic) bond motifs is 1. The predicted molar refractivity (Wildman–Crippen MR) is 162 cm³/mol. The summed E-state index contributed by atoms with van der Waals surface area (Å²) in [4.78, 5) is 31.6. The number of carbonyl (C=O) groups is 1. The van der Waals surface area contributed by atoms with Gasteiger partial charge in [-0.1, -0.05) is 29.5 Å². The number of phenols is 2. The third-order valence-electron chi connectivity index (χ3n) is 9.95. The summed E-state index contributed by atoms with van der Waals surface area (Å²) < 4.78 is 0.856. The third kappa shape index (κ3) is 6.32. The first-order chi connectivity index (χ1) is 19.8. The molecular weight excluding hydrogens is 536 g/mol. The number of nitrogens with two attached hydrogens (primary N) is 1. The van der Waals surface area contributed by atoms with Crippen molar-refractivity contribution in [2.75, 3.05) is 32.7 Å². The second-order valence-corrected chi connectivity index (χ2v) is 13.8. The van der Waals surface area contributed by atoms with Crippen molar-refractivity contribution in [2.45, 2.75) is 63.3 Å². The molecule has 1 amide bonds. The fourth-order valence-corrected chi connectivity index (χ4v) is 9.33. The van der Waals surface area contributed by atoms with E-state index in [0.29, 0.717) is 18.5 Å². The molecule has 7 rings (SSSR count). The number of rotatable bonds is 13. The molecule has 41 heavy (non-hydrogen) atoms. The van der Waals surface area contributed by atoms with Gasteiger partial charge in [0.1, 0.15) is 17.0 Å². The lowest BCUT2D eigenvalue weighted by atomic mass is 9.52. The molecule has 4 saturated carbocycles. The Morgan fingerprint density at radius 3 is 2.37 bits per heavy atom. The number of phenolic OH excluding ortho intramolecular Hbond substituents is 2. The largest absolute Gasteiger partial charge is 0.508 e. The van der Waals surface area contributed by atoms with Crippen molar-refractivity contribution in [3.8, 4) is 11.5 Å². The van der Waals surface area contributed by atoms with Crippen LogP contribution in [0.5, 0.6) is 11.5 Å². The van der Waals surface area contributed by atoms with Crippen molar-refractivity contribution in [1.29, 1.82) is 0 Å². The summed E-state index contributed by atoms with van der Waals surface area (Å²) in [5.41, 5.74) is 8.49. The molecular formula is C32H42N4O4S. The lowest BCUT2D eigenvalue weighted by Gasteiger charge is -2.61. The van der Waals surface area contributed by atoms with Crippen LogP contribution in [-0.4, -0.2) is 69.2 Å². The number of benzene rings is 2. The van der Waals surface area contributed by atoms with E-state index in [1.165, 1.54) is 49.9 Å². The van der Waals surface area contributed by atoms with Crippen LogP contribution in [0.3, 0.4) is 0 Å². The standard InChI is InChI=1S/C32H42N4O4S/c33-28(39)8-10-35(9-6-21-2-1-3-26(37)17-21)12-13-36(32-18-22-14-23(19-32)16-24(15-22)20-32)11-7-25-4-5-27(38)29-30(25)41-31(40)34-29/h1-5,17,22-24,37-38H,6-16,18-20H2,(H2,33,39)(H,34,40). The zero-order chi connectivity index (χ0) is 28.6. The van der Waals surface area contributed by atoms with Crippen molar-refractivity contribution >= 4 is 27.5 Å². The number of hydrogen-bond acceptors (Lipinski definition) is 7. The Balaban J connectivity index is 1.21. The molecule has 3 aromatic rings. The van der Waals surface area contributed by atoms with Crippen molar-refractivity contribution in [3.05, 3.63) is 57.2 Å². The first-order valence-corrected chi connectivity index (χ1v) is 16.0. The maximum Gasteiger partial charge on any atom is 0.305 e. The van der Waals surface area contributed by atoms with Crippen LogP contribution >= 0.6 is 11.3 Å². The number of hydrogen-bond donors (Lipinski definition) is 4. The average molecular weight is 579 g/mol. The van der Waals surface area contributed by atoms with E-state index < -0.39 is 0 Å². The SMILES string of the molecule is NC(=O)CCN(CCc1cccc(O)c1)CCN(CCc1ccc(O)c2[nH]c(=O)sc12)C12CC3CC(CC(C3)C1)C2. The molecule has 5 N–H and O–H groups in total. The summed E-state index contributed by atoms with van der Waals surface area (Å²) in [6.45, 7) is 4.07. The Bertz CT molecular complexity index is 1410.